The molecule has 3 rings (SSSR count). The van der Waals surface area contributed by atoms with Gasteiger partial charge in [-0.05, 0) is 0 Å². The lowest BCUT2D eigenvalue weighted by molar-refractivity contribution is 1.60. The monoisotopic (exact) mass is 122 g/mol. The molecule has 0 nitrogen and oxygen atoms in total. The largest absolute Gasteiger partial charge is 0.0986 e. The van der Waals surface area contributed by atoms with Gasteiger partial charge >= 0.3 is 0 Å². The molecule has 0 aromatic carbocycles. The summed E-state index contributed by atoms with van der Waals surface area (Å²) >= 11 is 0. The fraction of sp³-hybridized carbons (Fsp3) is 1.00. The second-order valence-electron chi connectivity index (χ2n) is 1.37. The molecule has 3 fully saturated rings. The van der Waals surface area contributed by atoms with Crippen LogP contribution in [0.2, 0.25) is 0 Å². The summed E-state index contributed by atoms with van der Waals surface area (Å²) in [5, 5.41) is 2.58. The molecule has 3 heteroatoms. The second-order valence-corrected chi connectivity index (χ2v) is 9.29. The Morgan fingerprint density at radius 1 is 0.800 bits per heavy atom. The Kier molecular flexibility index (Phi) is 0.609. The zero-order valence-electron chi connectivity index (χ0n) is 2.65. The first-order valence-electron chi connectivity index (χ1n) is 1.73. The van der Waals surface area contributed by atoms with E-state index in [0.29, 0.717) is 0 Å². The Balaban J connectivity index is 2.19. The van der Waals surface area contributed by atoms with E-state index in [9.17, 15) is 0 Å². The van der Waals surface area contributed by atoms with E-state index in [2.05, 4.69) is 0 Å². The second kappa shape index (κ2) is 0.919. The maximum atomic E-state index is 1.42. The standard InChI is InChI=1S/C2H5P3/c3-1-4-2(3)5-1/h1-5H. The first-order chi connectivity index (χ1) is 2.45. The molecule has 3 heterocycles. The predicted octanol–water partition coefficient (Wildman–Crippen LogP) is 1.62. The molecule has 0 spiro atoms. The van der Waals surface area contributed by atoms with Crippen molar-refractivity contribution in [2.45, 2.75) is 10.3 Å². The van der Waals surface area contributed by atoms with E-state index in [0.717, 1.165) is 0 Å². The molecule has 0 unspecified atom stereocenters. The van der Waals surface area contributed by atoms with Crippen LogP contribution in [0.1, 0.15) is 0 Å². The van der Waals surface area contributed by atoms with Crippen molar-refractivity contribution < 1.29 is 0 Å². The van der Waals surface area contributed by atoms with Gasteiger partial charge in [0.25, 0.3) is 0 Å². The maximum absolute atomic E-state index is 1.42. The van der Waals surface area contributed by atoms with Crippen molar-refractivity contribution in [2.24, 2.45) is 0 Å². The summed E-state index contributed by atoms with van der Waals surface area (Å²) < 4.78 is 0. The Morgan fingerprint density at radius 2 is 1.00 bits per heavy atom. The van der Waals surface area contributed by atoms with Crippen LogP contribution < -0.4 is 0 Å². The SMILES string of the molecule is P1C2PC1P2. The minimum Gasteiger partial charge on any atom is -0.0986 e. The van der Waals surface area contributed by atoms with E-state index in [1.54, 1.807) is 0 Å². The minimum atomic E-state index is 1.29. The summed E-state index contributed by atoms with van der Waals surface area (Å²) in [5.41, 5.74) is 0. The molecule has 0 aromatic heterocycles. The zero-order valence-corrected chi connectivity index (χ0v) is 5.65. The number of hydrogen-bond donors (Lipinski definition) is 0. The van der Waals surface area contributed by atoms with Crippen LogP contribution in [0.3, 0.4) is 0 Å². The highest BCUT2D eigenvalue weighted by molar-refractivity contribution is 8.05. The molecule has 0 aromatic rings. The molecule has 28 valence electrons. The Labute approximate surface area is 36.8 Å². The predicted molar refractivity (Wildman–Crippen MR) is 32.5 cm³/mol. The molecule has 0 aliphatic carbocycles. The average Bonchev–Trinajstić information content (AvgIpc) is 0.592. The molecular formula is C2H5P3. The van der Waals surface area contributed by atoms with Crippen LogP contribution in [0.15, 0.2) is 0 Å². The molecular weight excluding hydrogens is 117 g/mol. The van der Waals surface area contributed by atoms with Gasteiger partial charge in [0, 0.05) is 10.3 Å². The van der Waals surface area contributed by atoms with Crippen LogP contribution in [0.4, 0.5) is 0 Å². The average molecular weight is 122 g/mol. The normalized spacial score (nSPS) is 72.0. The van der Waals surface area contributed by atoms with Gasteiger partial charge in [0.2, 0.25) is 0 Å². The summed E-state index contributed by atoms with van der Waals surface area (Å²) in [5.74, 6) is 0. The number of rotatable bonds is 0. The van der Waals surface area contributed by atoms with Gasteiger partial charge in [-0.3, -0.25) is 0 Å². The molecule has 5 heavy (non-hydrogen) atoms. The molecule has 0 amide bonds. The lowest BCUT2D eigenvalue weighted by Crippen LogP contribution is -2.18. The van der Waals surface area contributed by atoms with Gasteiger partial charge < -0.3 is 0 Å². The fourth-order valence-electron chi connectivity index (χ4n) is 0.500. The first-order valence-corrected chi connectivity index (χ1v) is 5.20. The molecule has 0 radical (unpaired) electrons. The molecule has 2 bridgehead atoms. The van der Waals surface area contributed by atoms with Gasteiger partial charge in [-0.15, -0.1) is 0 Å². The summed E-state index contributed by atoms with van der Waals surface area (Å²) in [6.07, 6.45) is 0. The van der Waals surface area contributed by atoms with Crippen LogP contribution in [-0.2, 0) is 0 Å². The van der Waals surface area contributed by atoms with E-state index in [-0.39, 0.29) is 0 Å². The van der Waals surface area contributed by atoms with Crippen molar-refractivity contribution in [3.05, 3.63) is 0 Å². The third-order valence-electron chi connectivity index (χ3n) is 1.00. The van der Waals surface area contributed by atoms with Crippen LogP contribution in [0.5, 0.6) is 0 Å². The van der Waals surface area contributed by atoms with Crippen molar-refractivity contribution in [2.75, 3.05) is 0 Å². The van der Waals surface area contributed by atoms with Crippen molar-refractivity contribution in [1.29, 1.82) is 0 Å². The third-order valence-corrected chi connectivity index (χ3v) is 9.00. The lowest BCUT2D eigenvalue weighted by atomic mass is 11.7. The minimum absolute atomic E-state index is 1.29. The van der Waals surface area contributed by atoms with Crippen molar-refractivity contribution in [3.63, 3.8) is 0 Å². The lowest BCUT2D eigenvalue weighted by Gasteiger charge is -2.49. The molecule has 3 saturated heterocycles. The van der Waals surface area contributed by atoms with Crippen molar-refractivity contribution in [1.82, 2.24) is 0 Å². The number of hydrogen-bond acceptors (Lipinski definition) is 0. The van der Waals surface area contributed by atoms with E-state index < -0.39 is 0 Å². The van der Waals surface area contributed by atoms with E-state index in [1.807, 2.05) is 0 Å². The smallest absolute Gasteiger partial charge is 0.0136 e. The van der Waals surface area contributed by atoms with Gasteiger partial charge in [0.15, 0.2) is 0 Å². The van der Waals surface area contributed by atoms with Gasteiger partial charge in [-0.1, -0.05) is 25.7 Å². The quantitative estimate of drug-likeness (QED) is 0.428. The molecule has 0 N–H and O–H groups in total. The summed E-state index contributed by atoms with van der Waals surface area (Å²) in [6.45, 7) is 0. The Morgan fingerprint density at radius 3 is 1.00 bits per heavy atom. The highest BCUT2D eigenvalue weighted by Crippen LogP contribution is 2.84. The van der Waals surface area contributed by atoms with Gasteiger partial charge in [0.1, 0.15) is 0 Å². The fourth-order valence-corrected chi connectivity index (χ4v) is 9.00. The molecule has 0 atom stereocenters. The van der Waals surface area contributed by atoms with Crippen LogP contribution in [0, 0.1) is 0 Å². The van der Waals surface area contributed by atoms with Crippen LogP contribution in [0.25, 0.3) is 0 Å². The maximum Gasteiger partial charge on any atom is 0.0136 e. The zero-order chi connectivity index (χ0) is 3.28. The molecule has 3 aliphatic heterocycles. The van der Waals surface area contributed by atoms with Gasteiger partial charge in [-0.2, -0.15) is 0 Å². The molecule has 0 saturated carbocycles. The Hall–Kier alpha value is 1.29. The van der Waals surface area contributed by atoms with E-state index in [1.165, 1.54) is 36.0 Å². The Bertz CT molecular complexity index is 41.6. The highest BCUT2D eigenvalue weighted by Gasteiger charge is 2.41. The summed E-state index contributed by atoms with van der Waals surface area (Å²) in [4.78, 5) is 0. The molecule has 3 aliphatic rings. The topological polar surface area (TPSA) is 0 Å². The van der Waals surface area contributed by atoms with Crippen molar-refractivity contribution >= 4 is 25.7 Å². The van der Waals surface area contributed by atoms with E-state index >= 15 is 0 Å². The van der Waals surface area contributed by atoms with Gasteiger partial charge in [-0.25, -0.2) is 0 Å². The summed E-state index contributed by atoms with van der Waals surface area (Å²) in [6, 6.07) is 0. The van der Waals surface area contributed by atoms with E-state index in [4.69, 9.17) is 0 Å². The summed E-state index contributed by atoms with van der Waals surface area (Å²) in [7, 11) is 4.25. The highest BCUT2D eigenvalue weighted by atomic mass is 31.3. The van der Waals surface area contributed by atoms with Crippen LogP contribution >= 0.6 is 25.7 Å². The first kappa shape index (κ1) is 3.31. The van der Waals surface area contributed by atoms with Crippen molar-refractivity contribution in [3.8, 4) is 0 Å². The third kappa shape index (κ3) is 0.324. The van der Waals surface area contributed by atoms with Crippen LogP contribution in [-0.4, -0.2) is 10.3 Å². The van der Waals surface area contributed by atoms with Gasteiger partial charge in [0.05, 0.1) is 0 Å².